The van der Waals surface area contributed by atoms with Gasteiger partial charge in [0.05, 0.1) is 18.2 Å². The fraction of sp³-hybridized carbons (Fsp3) is 0.308. The Morgan fingerprint density at radius 1 is 1.55 bits per heavy atom. The van der Waals surface area contributed by atoms with Crippen molar-refractivity contribution in [3.63, 3.8) is 0 Å². The van der Waals surface area contributed by atoms with Gasteiger partial charge in [0.1, 0.15) is 5.82 Å². The van der Waals surface area contributed by atoms with Gasteiger partial charge in [-0.15, -0.1) is 0 Å². The van der Waals surface area contributed by atoms with Crippen LogP contribution >= 0.6 is 0 Å². The number of rotatable bonds is 4. The van der Waals surface area contributed by atoms with Crippen LogP contribution in [0.4, 0.5) is 10.1 Å². The smallest absolute Gasteiger partial charge is 0.332 e. The molecule has 7 heteroatoms. The Morgan fingerprint density at radius 3 is 2.75 bits per heavy atom. The molecule has 1 atom stereocenters. The monoisotopic (exact) mass is 279 g/mol. The first-order chi connectivity index (χ1) is 9.40. The molecule has 0 spiro atoms. The fourth-order valence-electron chi connectivity index (χ4n) is 1.42. The molecule has 0 heterocycles. The lowest BCUT2D eigenvalue weighted by Crippen LogP contribution is -2.43. The molecule has 1 aromatic rings. The summed E-state index contributed by atoms with van der Waals surface area (Å²) in [4.78, 5) is 23.1. The van der Waals surface area contributed by atoms with E-state index in [1.807, 2.05) is 0 Å². The molecule has 0 aliphatic heterocycles. The van der Waals surface area contributed by atoms with Gasteiger partial charge in [-0.2, -0.15) is 5.26 Å². The molecule has 0 bridgehead atoms. The van der Waals surface area contributed by atoms with E-state index in [2.05, 4.69) is 10.1 Å². The highest BCUT2D eigenvalue weighted by Crippen LogP contribution is 2.20. The van der Waals surface area contributed by atoms with Gasteiger partial charge in [0.25, 0.3) is 5.91 Å². The number of hydrogen-bond donors (Lipinski definition) is 2. The topological polar surface area (TPSA) is 105 Å². The maximum absolute atomic E-state index is 13.5. The number of hydrogen-bond acceptors (Lipinski definition) is 5. The number of carbonyl (C=O) groups is 2. The van der Waals surface area contributed by atoms with Crippen LogP contribution in [0.5, 0.6) is 0 Å². The predicted octanol–water partition coefficient (Wildman–Crippen LogP) is 0.835. The van der Waals surface area contributed by atoms with Gasteiger partial charge < -0.3 is 15.8 Å². The normalized spacial score (nSPS) is 11.3. The van der Waals surface area contributed by atoms with E-state index in [4.69, 9.17) is 11.0 Å². The molecule has 6 nitrogen and oxygen atoms in total. The van der Waals surface area contributed by atoms with Gasteiger partial charge in [0, 0.05) is 11.3 Å². The molecule has 1 unspecified atom stereocenters. The fourth-order valence-corrected chi connectivity index (χ4v) is 1.42. The molecule has 106 valence electrons. The molecule has 1 aromatic carbocycles. The third-order valence-electron chi connectivity index (χ3n) is 2.55. The molecule has 1 amide bonds. The SMILES string of the molecule is CCOC(=O)C(N)C(=O)Nc1cc(C#N)cc(F)c1C. The van der Waals surface area contributed by atoms with E-state index in [0.717, 1.165) is 6.07 Å². The average molecular weight is 279 g/mol. The van der Waals surface area contributed by atoms with Gasteiger partial charge in [0.2, 0.25) is 0 Å². The summed E-state index contributed by atoms with van der Waals surface area (Å²) in [5.74, 6) is -2.34. The van der Waals surface area contributed by atoms with Gasteiger partial charge in [-0.25, -0.2) is 9.18 Å². The van der Waals surface area contributed by atoms with Crippen LogP contribution in [0.1, 0.15) is 18.1 Å². The number of halogens is 1. The third-order valence-corrected chi connectivity index (χ3v) is 2.55. The summed E-state index contributed by atoms with van der Waals surface area (Å²) in [6, 6.07) is 2.61. The highest BCUT2D eigenvalue weighted by molar-refractivity contribution is 6.08. The lowest BCUT2D eigenvalue weighted by Gasteiger charge is -2.13. The molecule has 20 heavy (non-hydrogen) atoms. The number of amides is 1. The molecular formula is C13H14FN3O3. The summed E-state index contributed by atoms with van der Waals surface area (Å²) in [5, 5.41) is 11.1. The second-order valence-corrected chi connectivity index (χ2v) is 3.96. The van der Waals surface area contributed by atoms with Gasteiger partial charge in [-0.3, -0.25) is 4.79 Å². The maximum Gasteiger partial charge on any atom is 0.332 e. The van der Waals surface area contributed by atoms with Crippen LogP contribution in [0.2, 0.25) is 0 Å². The molecule has 0 saturated heterocycles. The highest BCUT2D eigenvalue weighted by Gasteiger charge is 2.24. The average Bonchev–Trinajstić information content (AvgIpc) is 2.42. The van der Waals surface area contributed by atoms with Gasteiger partial charge >= 0.3 is 5.97 Å². The van der Waals surface area contributed by atoms with Crippen molar-refractivity contribution in [3.8, 4) is 6.07 Å². The van der Waals surface area contributed by atoms with Crippen molar-refractivity contribution in [2.75, 3.05) is 11.9 Å². The number of nitriles is 1. The van der Waals surface area contributed by atoms with Crippen LogP contribution in [0.25, 0.3) is 0 Å². The van der Waals surface area contributed by atoms with Crippen LogP contribution in [0.15, 0.2) is 12.1 Å². The summed E-state index contributed by atoms with van der Waals surface area (Å²) in [6.07, 6.45) is 0. The van der Waals surface area contributed by atoms with E-state index in [1.165, 1.54) is 13.0 Å². The summed E-state index contributed by atoms with van der Waals surface area (Å²) >= 11 is 0. The van der Waals surface area contributed by atoms with Crippen LogP contribution in [-0.2, 0) is 14.3 Å². The van der Waals surface area contributed by atoms with Crippen LogP contribution in [0, 0.1) is 24.1 Å². The minimum atomic E-state index is -1.51. The summed E-state index contributed by atoms with van der Waals surface area (Å²) in [6.45, 7) is 3.11. The molecule has 0 radical (unpaired) electrons. The number of ether oxygens (including phenoxy) is 1. The molecule has 0 aromatic heterocycles. The maximum atomic E-state index is 13.5. The standard InChI is InChI=1S/C13H14FN3O3/c1-3-20-13(19)11(16)12(18)17-10-5-8(6-15)4-9(14)7(10)2/h4-5,11H,3,16H2,1-2H3,(H,17,18). The molecule has 3 N–H and O–H groups in total. The van der Waals surface area contributed by atoms with Crippen molar-refractivity contribution in [3.05, 3.63) is 29.1 Å². The summed E-state index contributed by atoms with van der Waals surface area (Å²) < 4.78 is 18.1. The Hall–Kier alpha value is -2.46. The van der Waals surface area contributed by atoms with Crippen molar-refractivity contribution in [2.24, 2.45) is 5.73 Å². The zero-order valence-corrected chi connectivity index (χ0v) is 11.1. The minimum absolute atomic E-state index is 0.0492. The Kier molecular flexibility index (Phi) is 5.17. The molecule has 0 aliphatic rings. The van der Waals surface area contributed by atoms with E-state index in [-0.39, 0.29) is 23.4 Å². The lowest BCUT2D eigenvalue weighted by molar-refractivity contribution is -0.146. The van der Waals surface area contributed by atoms with Crippen molar-refractivity contribution in [2.45, 2.75) is 19.9 Å². The second kappa shape index (κ2) is 6.63. The van der Waals surface area contributed by atoms with Gasteiger partial charge in [0.15, 0.2) is 6.04 Å². The second-order valence-electron chi connectivity index (χ2n) is 3.96. The zero-order chi connectivity index (χ0) is 15.3. The van der Waals surface area contributed by atoms with E-state index < -0.39 is 23.7 Å². The highest BCUT2D eigenvalue weighted by atomic mass is 19.1. The number of nitrogens with two attached hydrogens (primary N) is 1. The van der Waals surface area contributed by atoms with E-state index in [1.54, 1.807) is 13.0 Å². The number of nitrogens with zero attached hydrogens (tertiary/aromatic N) is 1. The Morgan fingerprint density at radius 2 is 2.20 bits per heavy atom. The first kappa shape index (κ1) is 15.6. The number of esters is 1. The van der Waals surface area contributed by atoms with E-state index >= 15 is 0 Å². The van der Waals surface area contributed by atoms with Crippen molar-refractivity contribution < 1.29 is 18.7 Å². The number of nitrogens with one attached hydrogen (secondary N) is 1. The first-order valence-electron chi connectivity index (χ1n) is 5.84. The quantitative estimate of drug-likeness (QED) is 0.627. The molecule has 0 aliphatic carbocycles. The summed E-state index contributed by atoms with van der Waals surface area (Å²) in [5.41, 5.74) is 5.69. The van der Waals surface area contributed by atoms with E-state index in [0.29, 0.717) is 0 Å². The largest absolute Gasteiger partial charge is 0.464 e. The molecular weight excluding hydrogens is 265 g/mol. The number of benzene rings is 1. The van der Waals surface area contributed by atoms with Crippen molar-refractivity contribution >= 4 is 17.6 Å². The Balaban J connectivity index is 2.94. The van der Waals surface area contributed by atoms with Crippen LogP contribution in [-0.4, -0.2) is 24.5 Å². The van der Waals surface area contributed by atoms with E-state index in [9.17, 15) is 14.0 Å². The first-order valence-corrected chi connectivity index (χ1v) is 5.84. The lowest BCUT2D eigenvalue weighted by atomic mass is 10.1. The minimum Gasteiger partial charge on any atom is -0.464 e. The predicted molar refractivity (Wildman–Crippen MR) is 69.1 cm³/mol. The number of carbonyl (C=O) groups excluding carboxylic acids is 2. The molecule has 0 saturated carbocycles. The third kappa shape index (κ3) is 3.52. The van der Waals surface area contributed by atoms with Gasteiger partial charge in [-0.05, 0) is 26.0 Å². The zero-order valence-electron chi connectivity index (χ0n) is 11.1. The van der Waals surface area contributed by atoms with Crippen LogP contribution < -0.4 is 11.1 Å². The summed E-state index contributed by atoms with van der Waals surface area (Å²) in [7, 11) is 0. The Bertz CT molecular complexity index is 581. The Labute approximate surface area is 115 Å². The molecule has 0 fully saturated rings. The van der Waals surface area contributed by atoms with Gasteiger partial charge in [-0.1, -0.05) is 0 Å². The molecule has 1 rings (SSSR count). The van der Waals surface area contributed by atoms with Crippen molar-refractivity contribution in [1.29, 1.82) is 5.26 Å². The number of anilines is 1. The van der Waals surface area contributed by atoms with Crippen LogP contribution in [0.3, 0.4) is 0 Å². The van der Waals surface area contributed by atoms with Crippen molar-refractivity contribution in [1.82, 2.24) is 0 Å².